The molecule has 1 aliphatic heterocycles. The van der Waals surface area contributed by atoms with Gasteiger partial charge in [0.25, 0.3) is 15.6 Å². The van der Waals surface area contributed by atoms with E-state index in [2.05, 4.69) is 10.2 Å². The van der Waals surface area contributed by atoms with Gasteiger partial charge in [-0.3, -0.25) is 4.79 Å². The predicted molar refractivity (Wildman–Crippen MR) is 85.4 cm³/mol. The van der Waals surface area contributed by atoms with Crippen molar-refractivity contribution < 1.29 is 8.42 Å². The summed E-state index contributed by atoms with van der Waals surface area (Å²) < 4.78 is 27.4. The minimum Gasteiger partial charge on any atom is -0.268 e. The van der Waals surface area contributed by atoms with Gasteiger partial charge in [-0.1, -0.05) is 6.42 Å². The van der Waals surface area contributed by atoms with Gasteiger partial charge in [-0.25, -0.2) is 13.5 Å². The van der Waals surface area contributed by atoms with Crippen LogP contribution in [0.15, 0.2) is 32.6 Å². The van der Waals surface area contributed by atoms with Crippen LogP contribution in [-0.2, 0) is 10.0 Å². The monoisotopic (exact) mass is 339 g/mol. The van der Waals surface area contributed by atoms with Crippen molar-refractivity contribution in [2.75, 3.05) is 6.54 Å². The maximum absolute atomic E-state index is 12.8. The van der Waals surface area contributed by atoms with Crippen LogP contribution in [0.1, 0.15) is 26.2 Å². The highest BCUT2D eigenvalue weighted by molar-refractivity contribution is 7.91. The average molecular weight is 339 g/mol. The highest BCUT2D eigenvalue weighted by atomic mass is 32.2. The van der Waals surface area contributed by atoms with Gasteiger partial charge < -0.3 is 0 Å². The summed E-state index contributed by atoms with van der Waals surface area (Å²) in [5, 5.41) is 8.04. The Morgan fingerprint density at radius 3 is 2.86 bits per heavy atom. The first-order valence-electron chi connectivity index (χ1n) is 7.15. The molecule has 1 fully saturated rings. The number of nitrogens with zero attached hydrogens (tertiary/aromatic N) is 2. The van der Waals surface area contributed by atoms with Crippen LogP contribution in [-0.4, -0.2) is 35.5 Å². The fourth-order valence-corrected chi connectivity index (χ4v) is 5.64. The summed E-state index contributed by atoms with van der Waals surface area (Å²) in [6, 6.07) is 4.62. The van der Waals surface area contributed by atoms with E-state index in [-0.39, 0.29) is 11.6 Å². The number of hydrogen-bond donors (Lipinski definition) is 1. The molecule has 3 rings (SSSR count). The van der Waals surface area contributed by atoms with Crippen molar-refractivity contribution in [3.63, 3.8) is 0 Å². The number of rotatable bonds is 3. The summed E-state index contributed by atoms with van der Waals surface area (Å²) >= 11 is 1.19. The maximum atomic E-state index is 12.8. The van der Waals surface area contributed by atoms with Gasteiger partial charge in [0.05, 0.1) is 5.69 Å². The molecule has 0 spiro atoms. The summed E-state index contributed by atoms with van der Waals surface area (Å²) in [6.07, 6.45) is 2.88. The van der Waals surface area contributed by atoms with E-state index < -0.39 is 10.0 Å². The van der Waals surface area contributed by atoms with Gasteiger partial charge in [0.2, 0.25) is 0 Å². The first-order chi connectivity index (χ1) is 10.5. The Kier molecular flexibility index (Phi) is 4.16. The third kappa shape index (κ3) is 2.86. The number of hydrogen-bond acceptors (Lipinski definition) is 5. The van der Waals surface area contributed by atoms with Crippen molar-refractivity contribution in [2.45, 2.75) is 36.4 Å². The molecule has 0 saturated carbocycles. The Balaban J connectivity index is 1.92. The molecule has 8 heteroatoms. The third-order valence-electron chi connectivity index (χ3n) is 3.86. The summed E-state index contributed by atoms with van der Waals surface area (Å²) in [6.45, 7) is 2.53. The lowest BCUT2D eigenvalue weighted by molar-refractivity contribution is 0.269. The molecule has 0 radical (unpaired) electrons. The molecule has 0 aliphatic carbocycles. The van der Waals surface area contributed by atoms with Gasteiger partial charge in [-0.2, -0.15) is 9.40 Å². The lowest BCUT2D eigenvalue weighted by Gasteiger charge is -2.31. The van der Waals surface area contributed by atoms with Crippen molar-refractivity contribution >= 4 is 21.4 Å². The van der Waals surface area contributed by atoms with Crippen LogP contribution in [0, 0.1) is 0 Å². The molecule has 6 nitrogen and oxygen atoms in total. The second-order valence-corrected chi connectivity index (χ2v) is 8.45. The molecule has 1 saturated heterocycles. The number of H-pyrrole nitrogens is 1. The zero-order valence-corrected chi connectivity index (χ0v) is 13.8. The fourth-order valence-electron chi connectivity index (χ4n) is 2.64. The average Bonchev–Trinajstić information content (AvgIpc) is 2.99. The van der Waals surface area contributed by atoms with Crippen molar-refractivity contribution in [2.24, 2.45) is 0 Å². The van der Waals surface area contributed by atoms with E-state index >= 15 is 0 Å². The first kappa shape index (κ1) is 15.4. The second-order valence-electron chi connectivity index (χ2n) is 5.42. The number of thiophene rings is 1. The van der Waals surface area contributed by atoms with E-state index in [1.807, 2.05) is 6.92 Å². The predicted octanol–water partition coefficient (Wildman–Crippen LogP) is 2.06. The normalized spacial score (nSPS) is 20.1. The minimum atomic E-state index is -3.45. The minimum absolute atomic E-state index is 0.0375. The Morgan fingerprint density at radius 1 is 1.36 bits per heavy atom. The van der Waals surface area contributed by atoms with Crippen LogP contribution < -0.4 is 5.56 Å². The summed E-state index contributed by atoms with van der Waals surface area (Å²) in [5.74, 6) is 0. The molecule has 118 valence electrons. The molecule has 0 unspecified atom stereocenters. The van der Waals surface area contributed by atoms with E-state index in [0.29, 0.717) is 22.0 Å². The Morgan fingerprint density at radius 2 is 2.18 bits per heavy atom. The van der Waals surface area contributed by atoms with Gasteiger partial charge in [-0.15, -0.1) is 11.3 Å². The highest BCUT2D eigenvalue weighted by Gasteiger charge is 2.32. The van der Waals surface area contributed by atoms with E-state index in [0.717, 1.165) is 19.3 Å². The zero-order valence-electron chi connectivity index (χ0n) is 12.2. The number of aromatic nitrogens is 2. The van der Waals surface area contributed by atoms with E-state index in [1.165, 1.54) is 17.4 Å². The molecule has 2 aromatic rings. The molecule has 1 aliphatic rings. The van der Waals surface area contributed by atoms with Gasteiger partial charge in [0.1, 0.15) is 4.21 Å². The number of aromatic amines is 1. The number of piperidine rings is 1. The lowest BCUT2D eigenvalue weighted by atomic mass is 10.1. The van der Waals surface area contributed by atoms with Crippen LogP contribution in [0.25, 0.3) is 11.3 Å². The molecule has 0 bridgehead atoms. The van der Waals surface area contributed by atoms with Crippen molar-refractivity contribution in [3.05, 3.63) is 33.9 Å². The summed E-state index contributed by atoms with van der Waals surface area (Å²) in [7, 11) is -3.45. The molecule has 22 heavy (non-hydrogen) atoms. The smallest absolute Gasteiger partial charge is 0.264 e. The first-order valence-corrected chi connectivity index (χ1v) is 9.47. The third-order valence-corrected chi connectivity index (χ3v) is 7.28. The Hall–Kier alpha value is -1.51. The molecule has 2 aromatic heterocycles. The van der Waals surface area contributed by atoms with Crippen LogP contribution in [0.5, 0.6) is 0 Å². The van der Waals surface area contributed by atoms with Crippen molar-refractivity contribution in [1.82, 2.24) is 14.5 Å². The molecule has 1 N–H and O–H groups in total. The number of sulfonamides is 1. The van der Waals surface area contributed by atoms with Gasteiger partial charge in [-0.05, 0) is 31.9 Å². The Bertz CT molecular complexity index is 805. The molecular formula is C14H17N3O3S2. The molecule has 3 heterocycles. The molecule has 0 amide bonds. The fraction of sp³-hybridized carbons (Fsp3) is 0.429. The van der Waals surface area contributed by atoms with Crippen LogP contribution in [0.4, 0.5) is 0 Å². The number of nitrogens with one attached hydrogen (secondary N) is 1. The van der Waals surface area contributed by atoms with Crippen LogP contribution in [0.2, 0.25) is 0 Å². The van der Waals surface area contributed by atoms with Gasteiger partial charge >= 0.3 is 0 Å². The molecule has 1 atom stereocenters. The van der Waals surface area contributed by atoms with E-state index in [4.69, 9.17) is 0 Å². The second kappa shape index (κ2) is 5.94. The van der Waals surface area contributed by atoms with Crippen molar-refractivity contribution in [3.8, 4) is 11.3 Å². The topological polar surface area (TPSA) is 83.1 Å². The maximum Gasteiger partial charge on any atom is 0.264 e. The van der Waals surface area contributed by atoms with Crippen molar-refractivity contribution in [1.29, 1.82) is 0 Å². The zero-order chi connectivity index (χ0) is 15.7. The quantitative estimate of drug-likeness (QED) is 0.928. The van der Waals surface area contributed by atoms with Crippen LogP contribution in [0.3, 0.4) is 0 Å². The SMILES string of the molecule is C[C@H]1CCCCN1S(=O)(=O)c1cc(-c2ccc(=O)[nH]n2)cs1. The summed E-state index contributed by atoms with van der Waals surface area (Å²) in [4.78, 5) is 11.0. The van der Waals surface area contributed by atoms with E-state index in [9.17, 15) is 13.2 Å². The highest BCUT2D eigenvalue weighted by Crippen LogP contribution is 2.31. The van der Waals surface area contributed by atoms with Crippen LogP contribution >= 0.6 is 11.3 Å². The van der Waals surface area contributed by atoms with E-state index in [1.54, 1.807) is 21.8 Å². The molecular weight excluding hydrogens is 322 g/mol. The standard InChI is InChI=1S/C14H17N3O3S2/c1-10-4-2-3-7-17(10)22(19,20)14-8-11(9-21-14)12-5-6-13(18)16-15-12/h5-6,8-10H,2-4,7H2,1H3,(H,16,18)/t10-/m0/s1. The lowest BCUT2D eigenvalue weighted by Crippen LogP contribution is -2.41. The summed E-state index contributed by atoms with van der Waals surface area (Å²) in [5.41, 5.74) is 0.974. The van der Waals surface area contributed by atoms with Gasteiger partial charge in [0.15, 0.2) is 0 Å². The largest absolute Gasteiger partial charge is 0.268 e. The van der Waals surface area contributed by atoms with Gasteiger partial charge in [0, 0.05) is 29.6 Å². The Labute approximate surface area is 132 Å². The molecule has 0 aromatic carbocycles.